The second kappa shape index (κ2) is 10.0. The molecule has 2 rings (SSSR count). The van der Waals surface area contributed by atoms with Crippen molar-refractivity contribution in [3.63, 3.8) is 0 Å². The van der Waals surface area contributed by atoms with Gasteiger partial charge in [0.25, 0.3) is 0 Å². The van der Waals surface area contributed by atoms with Gasteiger partial charge in [0.2, 0.25) is 11.8 Å². The van der Waals surface area contributed by atoms with E-state index in [1.807, 2.05) is 38.1 Å². The summed E-state index contributed by atoms with van der Waals surface area (Å²) in [6.45, 7) is 4.63. The molecule has 0 aromatic heterocycles. The van der Waals surface area contributed by atoms with Crippen molar-refractivity contribution in [2.24, 2.45) is 0 Å². The SMILES string of the molecule is CCCN(CC(=O)Nc1ccc(F)c(Cl)c1)CC(=O)Nc1ccccc1C. The molecule has 2 amide bonds. The average Bonchev–Trinajstić information content (AvgIpc) is 2.60. The third kappa shape index (κ3) is 6.66. The first-order valence-corrected chi connectivity index (χ1v) is 9.09. The molecule has 2 aromatic rings. The van der Waals surface area contributed by atoms with E-state index in [2.05, 4.69) is 10.6 Å². The highest BCUT2D eigenvalue weighted by atomic mass is 35.5. The molecule has 0 spiro atoms. The topological polar surface area (TPSA) is 61.4 Å². The van der Waals surface area contributed by atoms with E-state index in [0.29, 0.717) is 12.2 Å². The van der Waals surface area contributed by atoms with E-state index in [9.17, 15) is 14.0 Å². The van der Waals surface area contributed by atoms with Crippen LogP contribution < -0.4 is 10.6 Å². The van der Waals surface area contributed by atoms with E-state index in [0.717, 1.165) is 17.7 Å². The smallest absolute Gasteiger partial charge is 0.238 e. The quantitative estimate of drug-likeness (QED) is 0.712. The fourth-order valence-electron chi connectivity index (χ4n) is 2.61. The van der Waals surface area contributed by atoms with Crippen LogP contribution in [0.15, 0.2) is 42.5 Å². The van der Waals surface area contributed by atoms with Crippen LogP contribution in [0.4, 0.5) is 15.8 Å². The molecule has 27 heavy (non-hydrogen) atoms. The van der Waals surface area contributed by atoms with Crippen LogP contribution in [-0.2, 0) is 9.59 Å². The van der Waals surface area contributed by atoms with Crippen molar-refractivity contribution in [1.82, 2.24) is 4.90 Å². The molecule has 0 atom stereocenters. The van der Waals surface area contributed by atoms with Gasteiger partial charge in [-0.05, 0) is 49.7 Å². The van der Waals surface area contributed by atoms with E-state index in [-0.39, 0.29) is 29.9 Å². The van der Waals surface area contributed by atoms with Crippen molar-refractivity contribution in [1.29, 1.82) is 0 Å². The van der Waals surface area contributed by atoms with Crippen molar-refractivity contribution in [2.45, 2.75) is 20.3 Å². The van der Waals surface area contributed by atoms with Crippen molar-refractivity contribution < 1.29 is 14.0 Å². The summed E-state index contributed by atoms with van der Waals surface area (Å²) in [5.41, 5.74) is 2.13. The lowest BCUT2D eigenvalue weighted by Crippen LogP contribution is -2.39. The van der Waals surface area contributed by atoms with Crippen molar-refractivity contribution >= 4 is 34.8 Å². The number of para-hydroxylation sites is 1. The molecule has 0 aliphatic carbocycles. The molecule has 7 heteroatoms. The number of nitrogens with zero attached hydrogens (tertiary/aromatic N) is 1. The Morgan fingerprint density at radius 3 is 2.37 bits per heavy atom. The van der Waals surface area contributed by atoms with Gasteiger partial charge in [-0.15, -0.1) is 0 Å². The van der Waals surface area contributed by atoms with Gasteiger partial charge >= 0.3 is 0 Å². The first-order chi connectivity index (χ1) is 12.9. The number of carbonyl (C=O) groups is 2. The molecule has 0 heterocycles. The molecule has 0 fully saturated rings. The third-order valence-corrected chi connectivity index (χ3v) is 4.19. The standard InChI is InChI=1S/C20H23ClFN3O2/c1-3-10-25(13-20(27)24-18-7-5-4-6-14(18)2)12-19(26)23-15-8-9-17(22)16(21)11-15/h4-9,11H,3,10,12-13H2,1-2H3,(H,23,26)(H,24,27). The number of halogens is 2. The second-order valence-electron chi connectivity index (χ2n) is 6.25. The number of aryl methyl sites for hydroxylation is 1. The number of hydrogen-bond donors (Lipinski definition) is 2. The van der Waals surface area contributed by atoms with Gasteiger partial charge in [-0.3, -0.25) is 14.5 Å². The van der Waals surface area contributed by atoms with Crippen molar-refractivity contribution in [3.8, 4) is 0 Å². The fraction of sp³-hybridized carbons (Fsp3) is 0.300. The van der Waals surface area contributed by atoms with Crippen LogP contribution in [0.25, 0.3) is 0 Å². The van der Waals surface area contributed by atoms with Gasteiger partial charge in [0.1, 0.15) is 5.82 Å². The Morgan fingerprint density at radius 2 is 1.74 bits per heavy atom. The van der Waals surface area contributed by atoms with Crippen LogP contribution in [0.2, 0.25) is 5.02 Å². The first-order valence-electron chi connectivity index (χ1n) is 8.71. The molecule has 0 unspecified atom stereocenters. The van der Waals surface area contributed by atoms with E-state index >= 15 is 0 Å². The maximum absolute atomic E-state index is 13.2. The Hall–Kier alpha value is -2.44. The lowest BCUT2D eigenvalue weighted by Gasteiger charge is -2.21. The summed E-state index contributed by atoms with van der Waals surface area (Å²) >= 11 is 5.72. The van der Waals surface area contributed by atoms with Gasteiger partial charge in [0.05, 0.1) is 18.1 Å². The van der Waals surface area contributed by atoms with E-state index < -0.39 is 5.82 Å². The minimum atomic E-state index is -0.546. The summed E-state index contributed by atoms with van der Waals surface area (Å²) in [4.78, 5) is 26.4. The van der Waals surface area contributed by atoms with Crippen LogP contribution in [-0.4, -0.2) is 36.3 Å². The normalized spacial score (nSPS) is 10.7. The lowest BCUT2D eigenvalue weighted by molar-refractivity contribution is -0.120. The minimum absolute atomic E-state index is 0.0457. The zero-order valence-electron chi connectivity index (χ0n) is 15.4. The molecule has 0 saturated heterocycles. The van der Waals surface area contributed by atoms with Crippen LogP contribution in [0, 0.1) is 12.7 Å². The molecule has 5 nitrogen and oxygen atoms in total. The zero-order valence-corrected chi connectivity index (χ0v) is 16.1. The summed E-state index contributed by atoms with van der Waals surface area (Å²) in [5, 5.41) is 5.47. The summed E-state index contributed by atoms with van der Waals surface area (Å²) in [6, 6.07) is 11.5. The second-order valence-corrected chi connectivity index (χ2v) is 6.66. The highest BCUT2D eigenvalue weighted by Gasteiger charge is 2.15. The van der Waals surface area contributed by atoms with Crippen LogP contribution in [0.1, 0.15) is 18.9 Å². The predicted octanol–water partition coefficient (Wildman–Crippen LogP) is 4.08. The van der Waals surface area contributed by atoms with Crippen molar-refractivity contribution in [2.75, 3.05) is 30.3 Å². The third-order valence-electron chi connectivity index (χ3n) is 3.90. The maximum atomic E-state index is 13.2. The van der Waals surface area contributed by atoms with Crippen LogP contribution in [0.3, 0.4) is 0 Å². The predicted molar refractivity (Wildman–Crippen MR) is 107 cm³/mol. The molecule has 0 aliphatic rings. The number of carbonyl (C=O) groups excluding carboxylic acids is 2. The summed E-state index contributed by atoms with van der Waals surface area (Å²) < 4.78 is 13.2. The molecule has 0 bridgehead atoms. The largest absolute Gasteiger partial charge is 0.325 e. The minimum Gasteiger partial charge on any atom is -0.325 e. The van der Waals surface area contributed by atoms with E-state index in [1.165, 1.54) is 18.2 Å². The number of rotatable bonds is 8. The fourth-order valence-corrected chi connectivity index (χ4v) is 2.79. The first kappa shape index (κ1) is 20.9. The van der Waals surface area contributed by atoms with Gasteiger partial charge in [-0.2, -0.15) is 0 Å². The Balaban J connectivity index is 1.93. The Kier molecular flexibility index (Phi) is 7.76. The highest BCUT2D eigenvalue weighted by Crippen LogP contribution is 2.19. The molecule has 0 radical (unpaired) electrons. The number of anilines is 2. The number of benzene rings is 2. The average molecular weight is 392 g/mol. The van der Waals surface area contributed by atoms with Crippen molar-refractivity contribution in [3.05, 3.63) is 58.9 Å². The van der Waals surface area contributed by atoms with Gasteiger partial charge in [0, 0.05) is 11.4 Å². The van der Waals surface area contributed by atoms with Gasteiger partial charge in [-0.1, -0.05) is 36.7 Å². The van der Waals surface area contributed by atoms with Crippen LogP contribution >= 0.6 is 11.6 Å². The number of nitrogens with one attached hydrogen (secondary N) is 2. The van der Waals surface area contributed by atoms with Gasteiger partial charge in [-0.25, -0.2) is 4.39 Å². The monoisotopic (exact) mass is 391 g/mol. The molecular formula is C20H23ClFN3O2. The number of hydrogen-bond acceptors (Lipinski definition) is 3. The molecule has 144 valence electrons. The summed E-state index contributed by atoms with van der Waals surface area (Å²) in [6.07, 6.45) is 0.799. The molecule has 0 aliphatic heterocycles. The molecular weight excluding hydrogens is 369 g/mol. The Labute approximate surface area is 163 Å². The van der Waals surface area contributed by atoms with E-state index in [1.54, 1.807) is 4.90 Å². The Morgan fingerprint density at radius 1 is 1.07 bits per heavy atom. The van der Waals surface area contributed by atoms with E-state index in [4.69, 9.17) is 11.6 Å². The Bertz CT molecular complexity index is 814. The summed E-state index contributed by atoms with van der Waals surface area (Å²) in [7, 11) is 0. The van der Waals surface area contributed by atoms with Crippen LogP contribution in [0.5, 0.6) is 0 Å². The highest BCUT2D eigenvalue weighted by molar-refractivity contribution is 6.31. The lowest BCUT2D eigenvalue weighted by atomic mass is 10.2. The molecule has 2 aromatic carbocycles. The van der Waals surface area contributed by atoms with Gasteiger partial charge < -0.3 is 10.6 Å². The van der Waals surface area contributed by atoms with Gasteiger partial charge in [0.15, 0.2) is 0 Å². The summed E-state index contributed by atoms with van der Waals surface area (Å²) in [5.74, 6) is -1.03. The number of amides is 2. The molecule has 0 saturated carbocycles. The zero-order chi connectivity index (χ0) is 19.8. The maximum Gasteiger partial charge on any atom is 0.238 e. The molecule has 2 N–H and O–H groups in total.